The molecular formula is C34H34N6O6. The third-order valence-corrected chi connectivity index (χ3v) is 8.56. The van der Waals surface area contributed by atoms with Crippen LogP contribution in [0.1, 0.15) is 55.7 Å². The molecule has 2 aromatic heterocycles. The van der Waals surface area contributed by atoms with E-state index in [1.807, 2.05) is 36.4 Å². The summed E-state index contributed by atoms with van der Waals surface area (Å²) in [6.45, 7) is 4.71. The number of rotatable bonds is 10. The molecule has 3 aliphatic rings. The maximum atomic E-state index is 14.0. The lowest BCUT2D eigenvalue weighted by Crippen LogP contribution is -2.31. The van der Waals surface area contributed by atoms with Crippen LogP contribution in [0.2, 0.25) is 0 Å². The predicted octanol–water partition coefficient (Wildman–Crippen LogP) is 3.55. The summed E-state index contributed by atoms with van der Waals surface area (Å²) in [6.07, 6.45) is 2.94. The molecule has 0 bridgehead atoms. The molecule has 2 aromatic carbocycles. The molecule has 2 saturated heterocycles. The lowest BCUT2D eigenvalue weighted by atomic mass is 9.81. The molecule has 12 heteroatoms. The van der Waals surface area contributed by atoms with Crippen LogP contribution in [0.3, 0.4) is 0 Å². The standard InChI is InChI=1S/C34H34N6O6/c41-25-9-10-26(42)30-29(25)31(43)27-21(37-13-15-39-17-19-45-33(39)23-5-1-3-11-35-23)7-8-22(28(27)32(30)44)38-14-16-40-18-20-46-34(40)24-6-2-4-12-36-24/h1-12,33-34,37-38,41-42H,13-20H2. The highest BCUT2D eigenvalue weighted by molar-refractivity contribution is 6.33. The summed E-state index contributed by atoms with van der Waals surface area (Å²) < 4.78 is 11.8. The van der Waals surface area contributed by atoms with E-state index in [0.29, 0.717) is 50.8 Å². The van der Waals surface area contributed by atoms with Gasteiger partial charge >= 0.3 is 0 Å². The van der Waals surface area contributed by atoms with E-state index >= 15 is 0 Å². The zero-order valence-electron chi connectivity index (χ0n) is 25.1. The number of aromatic nitrogens is 2. The van der Waals surface area contributed by atoms with Gasteiger partial charge < -0.3 is 30.3 Å². The van der Waals surface area contributed by atoms with Crippen molar-refractivity contribution in [3.8, 4) is 11.5 Å². The molecule has 4 N–H and O–H groups in total. The highest BCUT2D eigenvalue weighted by atomic mass is 16.5. The Morgan fingerprint density at radius 2 is 1.11 bits per heavy atom. The van der Waals surface area contributed by atoms with Crippen molar-refractivity contribution < 1.29 is 29.3 Å². The molecule has 46 heavy (non-hydrogen) atoms. The highest BCUT2D eigenvalue weighted by Gasteiger charge is 2.38. The van der Waals surface area contributed by atoms with E-state index in [1.54, 1.807) is 24.5 Å². The van der Waals surface area contributed by atoms with Crippen LogP contribution in [0, 0.1) is 0 Å². The van der Waals surface area contributed by atoms with Crippen molar-refractivity contribution in [2.24, 2.45) is 0 Å². The molecule has 0 radical (unpaired) electrons. The van der Waals surface area contributed by atoms with E-state index < -0.39 is 11.6 Å². The average molecular weight is 623 g/mol. The van der Waals surface area contributed by atoms with Crippen molar-refractivity contribution in [2.45, 2.75) is 12.5 Å². The Balaban J connectivity index is 1.13. The second-order valence-corrected chi connectivity index (χ2v) is 11.3. The first-order valence-electron chi connectivity index (χ1n) is 15.3. The number of ether oxygens (including phenoxy) is 2. The summed E-state index contributed by atoms with van der Waals surface area (Å²) in [5.41, 5.74) is 2.48. The molecule has 2 unspecified atom stereocenters. The number of nitrogens with zero attached hydrogens (tertiary/aromatic N) is 4. The Kier molecular flexibility index (Phi) is 8.33. The minimum Gasteiger partial charge on any atom is -0.507 e. The van der Waals surface area contributed by atoms with E-state index in [9.17, 15) is 19.8 Å². The molecule has 4 aromatic rings. The third kappa shape index (κ3) is 5.56. The smallest absolute Gasteiger partial charge is 0.200 e. The number of pyridine rings is 2. The zero-order chi connectivity index (χ0) is 31.6. The summed E-state index contributed by atoms with van der Waals surface area (Å²) in [5, 5.41) is 27.9. The summed E-state index contributed by atoms with van der Waals surface area (Å²) in [6, 6.07) is 17.4. The number of carbonyl (C=O) groups is 2. The van der Waals surface area contributed by atoms with E-state index in [-0.39, 0.29) is 46.2 Å². The second-order valence-electron chi connectivity index (χ2n) is 11.3. The highest BCUT2D eigenvalue weighted by Crippen LogP contribution is 2.42. The monoisotopic (exact) mass is 622 g/mol. The SMILES string of the molecule is O=C1c2c(O)ccc(O)c2C(=O)c2c(NCCN3CCOC3c3ccccn3)ccc(NCCN3CCOC3c3ccccn3)c21. The molecule has 0 amide bonds. The fourth-order valence-corrected chi connectivity index (χ4v) is 6.38. The number of anilines is 2. The molecule has 2 atom stereocenters. The van der Waals surface area contributed by atoms with Crippen LogP contribution >= 0.6 is 0 Å². The third-order valence-electron chi connectivity index (χ3n) is 8.56. The second kappa shape index (κ2) is 12.9. The van der Waals surface area contributed by atoms with Crippen LogP contribution in [-0.2, 0) is 9.47 Å². The van der Waals surface area contributed by atoms with Gasteiger partial charge in [-0.2, -0.15) is 0 Å². The fourth-order valence-electron chi connectivity index (χ4n) is 6.38. The number of fused-ring (bicyclic) bond motifs is 2. The summed E-state index contributed by atoms with van der Waals surface area (Å²) in [4.78, 5) is 41.1. The zero-order valence-corrected chi connectivity index (χ0v) is 25.1. The summed E-state index contributed by atoms with van der Waals surface area (Å²) in [5.74, 6) is -1.79. The minimum atomic E-state index is -0.539. The number of nitrogens with one attached hydrogen (secondary N) is 2. The molecule has 0 spiro atoms. The van der Waals surface area contributed by atoms with Crippen LogP contribution in [-0.4, -0.2) is 94.0 Å². The molecule has 1 aliphatic carbocycles. The van der Waals surface area contributed by atoms with Gasteiger partial charge in [0.15, 0.2) is 12.5 Å². The number of phenolic OH excluding ortho intramolecular Hbond substituents is 2. The first-order valence-corrected chi connectivity index (χ1v) is 15.3. The van der Waals surface area contributed by atoms with Crippen molar-refractivity contribution in [2.75, 3.05) is 63.1 Å². The van der Waals surface area contributed by atoms with Gasteiger partial charge in [0, 0.05) is 63.0 Å². The molecule has 236 valence electrons. The van der Waals surface area contributed by atoms with E-state index in [2.05, 4.69) is 30.4 Å². The van der Waals surface area contributed by atoms with Gasteiger partial charge in [0.25, 0.3) is 0 Å². The number of phenols is 2. The van der Waals surface area contributed by atoms with E-state index in [0.717, 1.165) is 24.5 Å². The average Bonchev–Trinajstić information content (AvgIpc) is 3.76. The Labute approximate surface area is 265 Å². The van der Waals surface area contributed by atoms with E-state index in [4.69, 9.17) is 9.47 Å². The van der Waals surface area contributed by atoms with Gasteiger partial charge in [-0.05, 0) is 48.5 Å². The lowest BCUT2D eigenvalue weighted by molar-refractivity contribution is 0.0311. The minimum absolute atomic E-state index is 0.151. The van der Waals surface area contributed by atoms with Crippen molar-refractivity contribution in [1.29, 1.82) is 0 Å². The Morgan fingerprint density at radius 3 is 1.52 bits per heavy atom. The Bertz CT molecular complexity index is 1630. The van der Waals surface area contributed by atoms with Crippen molar-refractivity contribution >= 4 is 22.9 Å². The van der Waals surface area contributed by atoms with Gasteiger partial charge in [-0.15, -0.1) is 0 Å². The van der Waals surface area contributed by atoms with Crippen LogP contribution in [0.4, 0.5) is 11.4 Å². The van der Waals surface area contributed by atoms with Gasteiger partial charge in [0.2, 0.25) is 11.6 Å². The van der Waals surface area contributed by atoms with Crippen LogP contribution in [0.15, 0.2) is 73.1 Å². The molecule has 4 heterocycles. The maximum absolute atomic E-state index is 14.0. The van der Waals surface area contributed by atoms with Gasteiger partial charge in [-0.1, -0.05) is 12.1 Å². The number of hydrogen-bond donors (Lipinski definition) is 4. The molecular weight excluding hydrogens is 588 g/mol. The van der Waals surface area contributed by atoms with Gasteiger partial charge in [0.1, 0.15) is 11.5 Å². The number of benzene rings is 2. The molecule has 2 fully saturated rings. The molecule has 0 saturated carbocycles. The van der Waals surface area contributed by atoms with Crippen LogP contribution in [0.5, 0.6) is 11.5 Å². The van der Waals surface area contributed by atoms with Crippen LogP contribution in [0.25, 0.3) is 0 Å². The number of aromatic hydroxyl groups is 2. The predicted molar refractivity (Wildman–Crippen MR) is 169 cm³/mol. The number of hydrogen-bond acceptors (Lipinski definition) is 12. The van der Waals surface area contributed by atoms with Gasteiger partial charge in [-0.3, -0.25) is 29.4 Å². The normalized spacial score (nSPS) is 19.7. The quantitative estimate of drug-likeness (QED) is 0.169. The van der Waals surface area contributed by atoms with Gasteiger partial charge in [-0.25, -0.2) is 0 Å². The van der Waals surface area contributed by atoms with Gasteiger partial charge in [0.05, 0.1) is 46.9 Å². The molecule has 2 aliphatic heterocycles. The number of carbonyl (C=O) groups excluding carboxylic acids is 2. The van der Waals surface area contributed by atoms with Crippen molar-refractivity contribution in [3.63, 3.8) is 0 Å². The van der Waals surface area contributed by atoms with Crippen molar-refractivity contribution in [3.05, 3.63) is 107 Å². The first-order chi connectivity index (χ1) is 22.5. The van der Waals surface area contributed by atoms with E-state index in [1.165, 1.54) is 12.1 Å². The fraction of sp³-hybridized carbons (Fsp3) is 0.294. The Hall–Kier alpha value is -4.88. The maximum Gasteiger partial charge on any atom is 0.200 e. The van der Waals surface area contributed by atoms with Crippen molar-refractivity contribution in [1.82, 2.24) is 19.8 Å². The number of ketones is 2. The molecule has 7 rings (SSSR count). The lowest BCUT2D eigenvalue weighted by Gasteiger charge is -2.27. The first kappa shape index (κ1) is 29.8. The summed E-state index contributed by atoms with van der Waals surface area (Å²) in [7, 11) is 0. The Morgan fingerprint density at radius 1 is 0.652 bits per heavy atom. The topological polar surface area (TPSA) is 149 Å². The largest absolute Gasteiger partial charge is 0.507 e. The van der Waals surface area contributed by atoms with Crippen LogP contribution < -0.4 is 10.6 Å². The molecule has 12 nitrogen and oxygen atoms in total. The summed E-state index contributed by atoms with van der Waals surface area (Å²) >= 11 is 0.